The van der Waals surface area contributed by atoms with E-state index < -0.39 is 17.9 Å². The van der Waals surface area contributed by atoms with Gasteiger partial charge in [-0.05, 0) is 51.0 Å². The summed E-state index contributed by atoms with van der Waals surface area (Å²) in [4.78, 5) is 22.5. The van der Waals surface area contributed by atoms with Gasteiger partial charge < -0.3 is 15.2 Å². The van der Waals surface area contributed by atoms with Crippen molar-refractivity contribution in [3.8, 4) is 5.75 Å². The molecular weight excluding hydrogens is 258 g/mol. The normalized spacial score (nSPS) is 13.4. The number of amides is 1. The highest BCUT2D eigenvalue weighted by Crippen LogP contribution is 2.16. The summed E-state index contributed by atoms with van der Waals surface area (Å²) in [6.07, 6.45) is 0. The lowest BCUT2D eigenvalue weighted by Crippen LogP contribution is -2.42. The molecule has 0 saturated heterocycles. The predicted octanol–water partition coefficient (Wildman–Crippen LogP) is 1.91. The highest BCUT2D eigenvalue weighted by molar-refractivity contribution is 5.79. The zero-order valence-electron chi connectivity index (χ0n) is 12.3. The molecular formula is C15H21NO4. The summed E-state index contributed by atoms with van der Waals surface area (Å²) in [6, 6.07) is 5.16. The number of carbonyl (C=O) groups is 2. The molecule has 0 saturated carbocycles. The van der Waals surface area contributed by atoms with Crippen molar-refractivity contribution >= 4 is 11.9 Å². The predicted molar refractivity (Wildman–Crippen MR) is 75.8 cm³/mol. The Morgan fingerprint density at radius 1 is 1.25 bits per heavy atom. The van der Waals surface area contributed by atoms with Gasteiger partial charge in [-0.25, -0.2) is 0 Å². The van der Waals surface area contributed by atoms with E-state index in [0.717, 1.165) is 11.1 Å². The van der Waals surface area contributed by atoms with E-state index in [9.17, 15) is 9.59 Å². The Morgan fingerprint density at radius 3 is 2.45 bits per heavy atom. The number of aryl methyl sites for hydroxylation is 2. The van der Waals surface area contributed by atoms with E-state index in [1.54, 1.807) is 19.9 Å². The Labute approximate surface area is 118 Å². The zero-order valence-corrected chi connectivity index (χ0v) is 12.3. The Balaban J connectivity index is 2.47. The molecule has 0 aliphatic rings. The molecule has 0 heterocycles. The fraction of sp³-hybridized carbons (Fsp3) is 0.467. The minimum atomic E-state index is -0.937. The van der Waals surface area contributed by atoms with Crippen molar-refractivity contribution in [2.75, 3.05) is 6.61 Å². The smallest absolute Gasteiger partial charge is 0.308 e. The molecule has 5 nitrogen and oxygen atoms in total. The molecule has 0 spiro atoms. The van der Waals surface area contributed by atoms with Gasteiger partial charge in [0.05, 0.1) is 5.92 Å². The van der Waals surface area contributed by atoms with Crippen LogP contribution in [0.4, 0.5) is 0 Å². The van der Waals surface area contributed by atoms with Crippen molar-refractivity contribution in [3.05, 3.63) is 29.3 Å². The number of hydrogen-bond donors (Lipinski definition) is 2. The molecule has 110 valence electrons. The highest BCUT2D eigenvalue weighted by atomic mass is 16.5. The summed E-state index contributed by atoms with van der Waals surface area (Å²) in [5, 5.41) is 11.5. The molecule has 2 unspecified atom stereocenters. The number of carboxylic acid groups (broad SMARTS) is 1. The van der Waals surface area contributed by atoms with Gasteiger partial charge in [-0.15, -0.1) is 0 Å². The van der Waals surface area contributed by atoms with Crippen molar-refractivity contribution in [1.82, 2.24) is 5.32 Å². The molecule has 2 atom stereocenters. The van der Waals surface area contributed by atoms with E-state index in [0.29, 0.717) is 5.75 Å². The molecule has 1 rings (SSSR count). The van der Waals surface area contributed by atoms with E-state index in [-0.39, 0.29) is 12.5 Å². The van der Waals surface area contributed by atoms with E-state index in [1.807, 2.05) is 26.0 Å². The van der Waals surface area contributed by atoms with Gasteiger partial charge in [0.15, 0.2) is 6.61 Å². The third kappa shape index (κ3) is 4.57. The molecule has 1 amide bonds. The molecule has 5 heteroatoms. The lowest BCUT2D eigenvalue weighted by atomic mass is 10.0. The van der Waals surface area contributed by atoms with Crippen LogP contribution >= 0.6 is 0 Å². The molecule has 0 fully saturated rings. The maximum atomic E-state index is 11.7. The number of carbonyl (C=O) groups excluding carboxylic acids is 1. The fourth-order valence-corrected chi connectivity index (χ4v) is 1.59. The number of benzene rings is 1. The van der Waals surface area contributed by atoms with Crippen molar-refractivity contribution in [2.45, 2.75) is 33.7 Å². The lowest BCUT2D eigenvalue weighted by molar-refractivity contribution is -0.142. The van der Waals surface area contributed by atoms with Crippen LogP contribution in [0.25, 0.3) is 0 Å². The van der Waals surface area contributed by atoms with Crippen LogP contribution < -0.4 is 10.1 Å². The van der Waals surface area contributed by atoms with Gasteiger partial charge >= 0.3 is 5.97 Å². The van der Waals surface area contributed by atoms with Crippen molar-refractivity contribution < 1.29 is 19.4 Å². The Kier molecular flexibility index (Phi) is 5.55. The molecule has 20 heavy (non-hydrogen) atoms. The zero-order chi connectivity index (χ0) is 15.3. The van der Waals surface area contributed by atoms with Crippen LogP contribution in [0.3, 0.4) is 0 Å². The van der Waals surface area contributed by atoms with Gasteiger partial charge in [-0.1, -0.05) is 6.07 Å². The van der Waals surface area contributed by atoms with Gasteiger partial charge in [0.1, 0.15) is 5.75 Å². The molecule has 1 aromatic rings. The summed E-state index contributed by atoms with van der Waals surface area (Å²) in [5.74, 6) is -1.28. The number of nitrogens with one attached hydrogen (secondary N) is 1. The standard InChI is InChI=1S/C15H21NO4/c1-9-5-6-13(7-10(9)2)20-8-14(17)16-12(4)11(3)15(18)19/h5-7,11-12H,8H2,1-4H3,(H,16,17)(H,18,19). The number of ether oxygens (including phenoxy) is 1. The molecule has 0 bridgehead atoms. The molecule has 2 N–H and O–H groups in total. The third-order valence-corrected chi connectivity index (χ3v) is 3.38. The second kappa shape index (κ2) is 6.93. The minimum Gasteiger partial charge on any atom is -0.484 e. The Hall–Kier alpha value is -2.04. The summed E-state index contributed by atoms with van der Waals surface area (Å²) in [5.41, 5.74) is 2.25. The summed E-state index contributed by atoms with van der Waals surface area (Å²) in [7, 11) is 0. The number of rotatable bonds is 6. The quantitative estimate of drug-likeness (QED) is 0.834. The fourth-order valence-electron chi connectivity index (χ4n) is 1.59. The summed E-state index contributed by atoms with van der Waals surface area (Å²) < 4.78 is 5.39. The van der Waals surface area contributed by atoms with E-state index in [1.165, 1.54) is 0 Å². The van der Waals surface area contributed by atoms with Gasteiger partial charge in [0, 0.05) is 6.04 Å². The second-order valence-corrected chi connectivity index (χ2v) is 5.02. The topological polar surface area (TPSA) is 75.6 Å². The molecule has 0 radical (unpaired) electrons. The largest absolute Gasteiger partial charge is 0.484 e. The SMILES string of the molecule is Cc1ccc(OCC(=O)NC(C)C(C)C(=O)O)cc1C. The van der Waals surface area contributed by atoms with E-state index in [4.69, 9.17) is 9.84 Å². The Morgan fingerprint density at radius 2 is 1.90 bits per heavy atom. The summed E-state index contributed by atoms with van der Waals surface area (Å²) >= 11 is 0. The maximum Gasteiger partial charge on any atom is 0.308 e. The molecule has 0 aliphatic heterocycles. The summed E-state index contributed by atoms with van der Waals surface area (Å²) in [6.45, 7) is 7.06. The van der Waals surface area contributed by atoms with E-state index in [2.05, 4.69) is 5.32 Å². The lowest BCUT2D eigenvalue weighted by Gasteiger charge is -2.18. The van der Waals surface area contributed by atoms with Gasteiger partial charge in [0.25, 0.3) is 5.91 Å². The first-order valence-corrected chi connectivity index (χ1v) is 6.53. The van der Waals surface area contributed by atoms with Gasteiger partial charge in [-0.2, -0.15) is 0 Å². The number of aliphatic carboxylic acids is 1. The first-order valence-electron chi connectivity index (χ1n) is 6.53. The molecule has 1 aromatic carbocycles. The number of carboxylic acids is 1. The van der Waals surface area contributed by atoms with Crippen LogP contribution in [-0.2, 0) is 9.59 Å². The molecule has 0 aliphatic carbocycles. The van der Waals surface area contributed by atoms with Crippen LogP contribution in [0.15, 0.2) is 18.2 Å². The maximum absolute atomic E-state index is 11.7. The van der Waals surface area contributed by atoms with Crippen LogP contribution in [-0.4, -0.2) is 29.6 Å². The average Bonchev–Trinajstić information content (AvgIpc) is 2.39. The van der Waals surface area contributed by atoms with Gasteiger partial charge in [-0.3, -0.25) is 9.59 Å². The molecule has 0 aromatic heterocycles. The second-order valence-electron chi connectivity index (χ2n) is 5.02. The number of hydrogen-bond acceptors (Lipinski definition) is 3. The van der Waals surface area contributed by atoms with Crippen molar-refractivity contribution in [1.29, 1.82) is 0 Å². The van der Waals surface area contributed by atoms with Crippen LogP contribution in [0.2, 0.25) is 0 Å². The van der Waals surface area contributed by atoms with Crippen molar-refractivity contribution in [3.63, 3.8) is 0 Å². The van der Waals surface area contributed by atoms with Crippen LogP contribution in [0.5, 0.6) is 5.75 Å². The first-order chi connectivity index (χ1) is 9.31. The van der Waals surface area contributed by atoms with E-state index >= 15 is 0 Å². The Bertz CT molecular complexity index is 499. The first kappa shape index (κ1) is 16.0. The van der Waals surface area contributed by atoms with Crippen LogP contribution in [0.1, 0.15) is 25.0 Å². The third-order valence-electron chi connectivity index (χ3n) is 3.38. The van der Waals surface area contributed by atoms with Crippen LogP contribution in [0, 0.1) is 19.8 Å². The average molecular weight is 279 g/mol. The van der Waals surface area contributed by atoms with Crippen molar-refractivity contribution in [2.24, 2.45) is 5.92 Å². The highest BCUT2D eigenvalue weighted by Gasteiger charge is 2.20. The monoisotopic (exact) mass is 279 g/mol. The van der Waals surface area contributed by atoms with Gasteiger partial charge in [0.2, 0.25) is 0 Å². The minimum absolute atomic E-state index is 0.126.